The Hall–Kier alpha value is -11.5. The SMILES string of the molecule is CCc1cccc(CC)c1N(c1ccccc1)c1ccc(/C=C/c2ccc(/C=C/c3ccc(N(c4ccccc4)c4c(CC)cccc4CC)cc3)cc2)cc1.Cc1ccc(N(c2cccc(C)c2)c2cc(-c3ccccc3)cc(N(c3ccc(C)cc3)c3cccc(C)c3)c2)cc1. The summed E-state index contributed by atoms with van der Waals surface area (Å²) >= 11 is 0. The Kier molecular flexibility index (Phi) is 21.6. The Morgan fingerprint density at radius 3 is 0.806 bits per heavy atom. The third-order valence-corrected chi connectivity index (χ3v) is 18.2. The molecule has 0 saturated heterocycles. The molecule has 4 heteroatoms. The van der Waals surface area contributed by atoms with E-state index in [2.05, 4.69) is 415 Å². The summed E-state index contributed by atoms with van der Waals surface area (Å²) in [5.41, 5.74) is 31.4. The van der Waals surface area contributed by atoms with Gasteiger partial charge in [-0.05, 0) is 235 Å². The van der Waals surface area contributed by atoms with Crippen LogP contribution in [0.1, 0.15) is 94.5 Å². The van der Waals surface area contributed by atoms with Crippen LogP contribution in [0.4, 0.5) is 68.2 Å². The third kappa shape index (κ3) is 15.9. The van der Waals surface area contributed by atoms with E-state index >= 15 is 0 Å². The third-order valence-electron chi connectivity index (χ3n) is 18.2. The molecule has 13 rings (SSSR count). The fraction of sp³-hybridized carbons (Fsp3) is 0.128. The highest BCUT2D eigenvalue weighted by Crippen LogP contribution is 2.45. The lowest BCUT2D eigenvalue weighted by atomic mass is 10.00. The Balaban J connectivity index is 0.000000194. The first-order valence-electron chi connectivity index (χ1n) is 34.7. The van der Waals surface area contributed by atoms with Crippen LogP contribution in [0.3, 0.4) is 0 Å². The van der Waals surface area contributed by atoms with E-state index in [0.29, 0.717) is 0 Å². The van der Waals surface area contributed by atoms with Gasteiger partial charge in [0.2, 0.25) is 0 Å². The van der Waals surface area contributed by atoms with Crippen molar-refractivity contribution in [3.05, 3.63) is 382 Å². The molecular formula is C94H88N4. The highest BCUT2D eigenvalue weighted by atomic mass is 15.2. The van der Waals surface area contributed by atoms with Crippen molar-refractivity contribution in [2.45, 2.75) is 81.1 Å². The van der Waals surface area contributed by atoms with Crippen LogP contribution in [-0.2, 0) is 25.7 Å². The zero-order valence-corrected chi connectivity index (χ0v) is 57.9. The molecule has 0 aliphatic carbocycles. The lowest BCUT2D eigenvalue weighted by molar-refractivity contribution is 1.06. The zero-order chi connectivity index (χ0) is 67.7. The first-order valence-corrected chi connectivity index (χ1v) is 34.7. The number of anilines is 12. The Morgan fingerprint density at radius 1 is 0.204 bits per heavy atom. The van der Waals surface area contributed by atoms with Gasteiger partial charge in [-0.15, -0.1) is 0 Å². The number of hydrogen-bond acceptors (Lipinski definition) is 4. The molecule has 13 aromatic rings. The van der Waals surface area contributed by atoms with Crippen molar-refractivity contribution >= 4 is 92.6 Å². The number of aryl methyl sites for hydroxylation is 8. The molecular weight excluding hydrogens is 1190 g/mol. The summed E-state index contributed by atoms with van der Waals surface area (Å²) in [6.07, 6.45) is 12.7. The van der Waals surface area contributed by atoms with Crippen molar-refractivity contribution < 1.29 is 0 Å². The van der Waals surface area contributed by atoms with E-state index in [1.807, 2.05) is 0 Å². The normalized spacial score (nSPS) is 11.1. The van der Waals surface area contributed by atoms with Gasteiger partial charge in [0.1, 0.15) is 0 Å². The van der Waals surface area contributed by atoms with E-state index in [9.17, 15) is 0 Å². The van der Waals surface area contributed by atoms with Crippen LogP contribution in [0.15, 0.2) is 315 Å². The molecule has 4 nitrogen and oxygen atoms in total. The molecule has 0 amide bonds. The maximum Gasteiger partial charge on any atom is 0.0525 e. The molecule has 0 unspecified atom stereocenters. The van der Waals surface area contributed by atoms with E-state index < -0.39 is 0 Å². The summed E-state index contributed by atoms with van der Waals surface area (Å²) in [4.78, 5) is 9.57. The van der Waals surface area contributed by atoms with Crippen molar-refractivity contribution in [2.24, 2.45) is 0 Å². The van der Waals surface area contributed by atoms with Gasteiger partial charge in [-0.1, -0.05) is 263 Å². The van der Waals surface area contributed by atoms with Gasteiger partial charge in [0.25, 0.3) is 0 Å². The molecule has 484 valence electrons. The molecule has 0 aliphatic heterocycles. The van der Waals surface area contributed by atoms with E-state index in [4.69, 9.17) is 0 Å². The lowest BCUT2D eigenvalue weighted by Gasteiger charge is -2.30. The molecule has 0 spiro atoms. The summed E-state index contributed by atoms with van der Waals surface area (Å²) in [5, 5.41) is 0. The summed E-state index contributed by atoms with van der Waals surface area (Å²) in [6, 6.07) is 114. The van der Waals surface area contributed by atoms with Crippen LogP contribution in [0.25, 0.3) is 35.4 Å². The Morgan fingerprint density at radius 2 is 0.480 bits per heavy atom. The summed E-state index contributed by atoms with van der Waals surface area (Å²) < 4.78 is 0. The number of hydrogen-bond donors (Lipinski definition) is 0. The summed E-state index contributed by atoms with van der Waals surface area (Å²) in [7, 11) is 0. The van der Waals surface area contributed by atoms with E-state index in [0.717, 1.165) is 76.7 Å². The molecule has 0 fully saturated rings. The molecule has 0 bridgehead atoms. The lowest BCUT2D eigenvalue weighted by Crippen LogP contribution is -2.14. The highest BCUT2D eigenvalue weighted by Gasteiger charge is 2.23. The predicted molar refractivity (Wildman–Crippen MR) is 424 cm³/mol. The first kappa shape index (κ1) is 66.6. The minimum atomic E-state index is 0.984. The number of rotatable bonds is 21. The number of benzene rings is 13. The van der Waals surface area contributed by atoms with Crippen LogP contribution >= 0.6 is 0 Å². The molecule has 0 aromatic heterocycles. The average Bonchev–Trinajstić information content (AvgIpc) is 0.792. The molecule has 0 radical (unpaired) electrons. The maximum atomic E-state index is 2.42. The first-order chi connectivity index (χ1) is 48.0. The number of nitrogens with zero attached hydrogens (tertiary/aromatic N) is 4. The Labute approximate surface area is 583 Å². The summed E-state index contributed by atoms with van der Waals surface area (Å²) in [6.45, 7) is 17.5. The number of para-hydroxylation sites is 4. The molecule has 0 aliphatic rings. The van der Waals surface area contributed by atoms with Gasteiger partial charge < -0.3 is 19.6 Å². The van der Waals surface area contributed by atoms with E-state index in [1.165, 1.54) is 95.1 Å². The van der Waals surface area contributed by atoms with Crippen molar-refractivity contribution in [3.8, 4) is 11.1 Å². The van der Waals surface area contributed by atoms with E-state index in [1.54, 1.807) is 0 Å². The predicted octanol–water partition coefficient (Wildman–Crippen LogP) is 26.7. The van der Waals surface area contributed by atoms with Crippen LogP contribution in [0.2, 0.25) is 0 Å². The maximum absolute atomic E-state index is 2.42. The molecule has 13 aromatic carbocycles. The molecule has 0 heterocycles. The standard InChI is InChI=1S/C54H52N2.C40H36N2/c1-5-45-17-15-18-46(6-2)53(45)55(49-21-11-9-12-22-49)51-37-33-43(34-38-51)31-29-41-25-27-42(28-26-41)30-32-44-35-39-52(40-36-44)56(50-23-13-10-14-24-50)54-47(7-3)19-16-20-48(54)8-4;1-29-16-20-35(21-17-29)41(37-14-8-10-31(3)24-37)39-26-34(33-12-6-5-7-13-33)27-40(28-39)42(36-22-18-30(2)19-23-36)38-15-9-11-32(4)25-38/h9-40H,5-8H2,1-4H3;5-28H,1-4H3/b31-29+,32-30+;. The largest absolute Gasteiger partial charge is 0.310 e. The van der Waals surface area contributed by atoms with Gasteiger partial charge in [0.05, 0.1) is 11.4 Å². The molecule has 0 N–H and O–H groups in total. The van der Waals surface area contributed by atoms with Gasteiger partial charge in [-0.25, -0.2) is 0 Å². The highest BCUT2D eigenvalue weighted by molar-refractivity contribution is 5.89. The van der Waals surface area contributed by atoms with Gasteiger partial charge in [0.15, 0.2) is 0 Å². The van der Waals surface area contributed by atoms with Crippen molar-refractivity contribution in [3.63, 3.8) is 0 Å². The quantitative estimate of drug-likeness (QED) is 0.0665. The average molecular weight is 1270 g/mol. The summed E-state index contributed by atoms with van der Waals surface area (Å²) in [5.74, 6) is 0. The second kappa shape index (κ2) is 31.9. The van der Waals surface area contributed by atoms with Crippen LogP contribution < -0.4 is 19.6 Å². The van der Waals surface area contributed by atoms with E-state index in [-0.39, 0.29) is 0 Å². The van der Waals surface area contributed by atoms with Gasteiger partial charge in [-0.2, -0.15) is 0 Å². The van der Waals surface area contributed by atoms with Crippen molar-refractivity contribution in [1.29, 1.82) is 0 Å². The Bertz CT molecular complexity index is 4460. The van der Waals surface area contributed by atoms with Crippen LogP contribution in [0.5, 0.6) is 0 Å². The van der Waals surface area contributed by atoms with Crippen LogP contribution in [0, 0.1) is 27.7 Å². The minimum absolute atomic E-state index is 0.984. The second-order valence-corrected chi connectivity index (χ2v) is 25.2. The second-order valence-electron chi connectivity index (χ2n) is 25.2. The van der Waals surface area contributed by atoms with Gasteiger partial charge in [0, 0.05) is 56.9 Å². The topological polar surface area (TPSA) is 13.0 Å². The molecule has 0 saturated carbocycles. The van der Waals surface area contributed by atoms with Crippen molar-refractivity contribution in [2.75, 3.05) is 19.6 Å². The van der Waals surface area contributed by atoms with Gasteiger partial charge in [-0.3, -0.25) is 0 Å². The fourth-order valence-electron chi connectivity index (χ4n) is 13.0. The van der Waals surface area contributed by atoms with Crippen molar-refractivity contribution in [1.82, 2.24) is 0 Å². The molecule has 98 heavy (non-hydrogen) atoms. The van der Waals surface area contributed by atoms with Crippen LogP contribution in [-0.4, -0.2) is 0 Å². The van der Waals surface area contributed by atoms with Gasteiger partial charge >= 0.3 is 0 Å². The monoisotopic (exact) mass is 1270 g/mol. The smallest absolute Gasteiger partial charge is 0.0525 e. The zero-order valence-electron chi connectivity index (χ0n) is 57.9. The minimum Gasteiger partial charge on any atom is -0.310 e. The fourth-order valence-corrected chi connectivity index (χ4v) is 13.0. The molecule has 0 atom stereocenters.